The molecule has 0 aliphatic heterocycles. The van der Waals surface area contributed by atoms with Crippen LogP contribution < -0.4 is 11.1 Å². The zero-order valence-corrected chi connectivity index (χ0v) is 10.3. The summed E-state index contributed by atoms with van der Waals surface area (Å²) >= 11 is 0. The molecule has 4 rings (SSSR count). The van der Waals surface area contributed by atoms with Crippen LogP contribution in [-0.4, -0.2) is 6.04 Å². The van der Waals surface area contributed by atoms with Crippen molar-refractivity contribution in [1.82, 2.24) is 0 Å². The number of hydrogen-bond acceptors (Lipinski definition) is 3. The highest BCUT2D eigenvalue weighted by atomic mass is 15.0. The third-order valence-electron chi connectivity index (χ3n) is 5.24. The number of rotatable bonds is 2. The molecule has 18 heavy (non-hydrogen) atoms. The van der Waals surface area contributed by atoms with Gasteiger partial charge < -0.3 is 11.1 Å². The Bertz CT molecular complexity index is 529. The molecular weight excluding hydrogens is 222 g/mol. The van der Waals surface area contributed by atoms with Crippen molar-refractivity contribution >= 4 is 11.4 Å². The molecule has 4 atom stereocenters. The first-order valence-corrected chi connectivity index (χ1v) is 6.84. The van der Waals surface area contributed by atoms with Gasteiger partial charge in [-0.05, 0) is 61.1 Å². The van der Waals surface area contributed by atoms with Gasteiger partial charge in [0, 0.05) is 6.04 Å². The largest absolute Gasteiger partial charge is 0.397 e. The molecular formula is C15H17N3. The Kier molecular flexibility index (Phi) is 1.94. The van der Waals surface area contributed by atoms with Crippen LogP contribution in [0, 0.1) is 35.0 Å². The number of nitrogens with one attached hydrogen (secondary N) is 1. The average molecular weight is 239 g/mol. The number of nitrogens with two attached hydrogens (primary N) is 1. The zero-order valence-electron chi connectivity index (χ0n) is 10.3. The number of nitrogen functional groups attached to an aromatic ring is 1. The Morgan fingerprint density at radius 3 is 2.56 bits per heavy atom. The van der Waals surface area contributed by atoms with Gasteiger partial charge >= 0.3 is 0 Å². The number of nitrogens with zero attached hydrogens (tertiary/aromatic N) is 1. The van der Waals surface area contributed by atoms with E-state index in [0.717, 1.165) is 29.4 Å². The van der Waals surface area contributed by atoms with Gasteiger partial charge in [-0.1, -0.05) is 0 Å². The first kappa shape index (κ1) is 10.3. The Morgan fingerprint density at radius 1 is 1.22 bits per heavy atom. The zero-order chi connectivity index (χ0) is 12.3. The lowest BCUT2D eigenvalue weighted by atomic mass is 10.0. The molecule has 0 spiro atoms. The Labute approximate surface area is 107 Å². The van der Waals surface area contributed by atoms with Crippen LogP contribution in [0.4, 0.5) is 11.4 Å². The van der Waals surface area contributed by atoms with E-state index in [2.05, 4.69) is 11.4 Å². The SMILES string of the molecule is N#Cc1ccc(NC2C3C4CCC(C4)C23)c(N)c1. The van der Waals surface area contributed by atoms with Crippen molar-refractivity contribution in [1.29, 1.82) is 5.26 Å². The van der Waals surface area contributed by atoms with Crippen molar-refractivity contribution < 1.29 is 0 Å². The van der Waals surface area contributed by atoms with Gasteiger partial charge in [-0.3, -0.25) is 0 Å². The molecule has 3 fully saturated rings. The monoisotopic (exact) mass is 239 g/mol. The van der Waals surface area contributed by atoms with Gasteiger partial charge in [0.25, 0.3) is 0 Å². The highest BCUT2D eigenvalue weighted by Crippen LogP contribution is 2.66. The maximum absolute atomic E-state index is 8.83. The fraction of sp³-hybridized carbons (Fsp3) is 0.533. The van der Waals surface area contributed by atoms with Gasteiger partial charge in [-0.2, -0.15) is 5.26 Å². The highest BCUT2D eigenvalue weighted by Gasteiger charge is 2.65. The summed E-state index contributed by atoms with van der Waals surface area (Å²) in [5, 5.41) is 12.4. The van der Waals surface area contributed by atoms with Gasteiger partial charge in [0.2, 0.25) is 0 Å². The molecule has 0 amide bonds. The molecule has 0 saturated heterocycles. The van der Waals surface area contributed by atoms with Crippen molar-refractivity contribution in [3.63, 3.8) is 0 Å². The lowest BCUT2D eigenvalue weighted by Gasteiger charge is -2.13. The maximum Gasteiger partial charge on any atom is 0.0992 e. The summed E-state index contributed by atoms with van der Waals surface area (Å²) in [6.45, 7) is 0. The van der Waals surface area contributed by atoms with Gasteiger partial charge in [-0.25, -0.2) is 0 Å². The van der Waals surface area contributed by atoms with Crippen LogP contribution in [0.15, 0.2) is 18.2 Å². The first-order valence-electron chi connectivity index (χ1n) is 6.84. The molecule has 4 unspecified atom stereocenters. The second kappa shape index (κ2) is 3.41. The molecule has 3 nitrogen and oxygen atoms in total. The number of anilines is 2. The molecule has 92 valence electrons. The van der Waals surface area contributed by atoms with E-state index >= 15 is 0 Å². The third-order valence-corrected chi connectivity index (χ3v) is 5.24. The van der Waals surface area contributed by atoms with Crippen LogP contribution in [0.2, 0.25) is 0 Å². The molecule has 3 aliphatic carbocycles. The topological polar surface area (TPSA) is 61.8 Å². The summed E-state index contributed by atoms with van der Waals surface area (Å²) in [5.74, 6) is 3.74. The summed E-state index contributed by atoms with van der Waals surface area (Å²) in [4.78, 5) is 0. The predicted molar refractivity (Wildman–Crippen MR) is 70.8 cm³/mol. The van der Waals surface area contributed by atoms with Crippen LogP contribution in [0.25, 0.3) is 0 Å². The van der Waals surface area contributed by atoms with Crippen LogP contribution >= 0.6 is 0 Å². The quantitative estimate of drug-likeness (QED) is 0.780. The maximum atomic E-state index is 8.83. The van der Waals surface area contributed by atoms with E-state index in [9.17, 15) is 0 Å². The fourth-order valence-electron chi connectivity index (χ4n) is 4.46. The molecule has 1 aromatic carbocycles. The van der Waals surface area contributed by atoms with Crippen molar-refractivity contribution in [2.24, 2.45) is 23.7 Å². The number of nitriles is 1. The Morgan fingerprint density at radius 2 is 1.94 bits per heavy atom. The van der Waals surface area contributed by atoms with Crippen molar-refractivity contribution in [2.75, 3.05) is 11.1 Å². The summed E-state index contributed by atoms with van der Waals surface area (Å²) < 4.78 is 0. The van der Waals surface area contributed by atoms with E-state index in [0.29, 0.717) is 17.3 Å². The normalized spacial score (nSPS) is 39.2. The lowest BCUT2D eigenvalue weighted by Crippen LogP contribution is -2.13. The van der Waals surface area contributed by atoms with Crippen LogP contribution in [-0.2, 0) is 0 Å². The molecule has 0 aromatic heterocycles. The van der Waals surface area contributed by atoms with Gasteiger partial charge in [-0.15, -0.1) is 0 Å². The van der Waals surface area contributed by atoms with Crippen LogP contribution in [0.1, 0.15) is 24.8 Å². The summed E-state index contributed by atoms with van der Waals surface area (Å²) in [7, 11) is 0. The standard InChI is InChI=1S/C15H17N3/c16-7-8-1-4-12(11(17)5-8)18-15-13-9-2-3-10(6-9)14(13)15/h1,4-5,9-10,13-15,18H,2-3,6,17H2. The van der Waals surface area contributed by atoms with Gasteiger partial charge in [0.1, 0.15) is 0 Å². The first-order chi connectivity index (χ1) is 8.78. The van der Waals surface area contributed by atoms with E-state index in [4.69, 9.17) is 11.0 Å². The average Bonchev–Trinajstić information content (AvgIpc) is 2.78. The minimum Gasteiger partial charge on any atom is -0.397 e. The van der Waals surface area contributed by atoms with E-state index < -0.39 is 0 Å². The second-order valence-electron chi connectivity index (χ2n) is 6.07. The van der Waals surface area contributed by atoms with Gasteiger partial charge in [0.15, 0.2) is 0 Å². The summed E-state index contributed by atoms with van der Waals surface area (Å²) in [6, 6.07) is 8.31. The van der Waals surface area contributed by atoms with Gasteiger partial charge in [0.05, 0.1) is 23.0 Å². The molecule has 1 aromatic rings. The second-order valence-corrected chi connectivity index (χ2v) is 6.07. The Balaban J connectivity index is 1.52. The lowest BCUT2D eigenvalue weighted by molar-refractivity contribution is 0.456. The smallest absolute Gasteiger partial charge is 0.0992 e. The molecule has 0 radical (unpaired) electrons. The van der Waals surface area contributed by atoms with Crippen LogP contribution in [0.5, 0.6) is 0 Å². The highest BCUT2D eigenvalue weighted by molar-refractivity contribution is 5.69. The van der Waals surface area contributed by atoms with E-state index in [1.54, 1.807) is 6.07 Å². The Hall–Kier alpha value is -1.69. The van der Waals surface area contributed by atoms with E-state index in [1.165, 1.54) is 19.3 Å². The molecule has 3 aliphatic rings. The van der Waals surface area contributed by atoms with Crippen LogP contribution in [0.3, 0.4) is 0 Å². The molecule has 0 heterocycles. The van der Waals surface area contributed by atoms with E-state index in [-0.39, 0.29) is 0 Å². The molecule has 2 bridgehead atoms. The number of hydrogen-bond donors (Lipinski definition) is 2. The van der Waals surface area contributed by atoms with E-state index in [1.807, 2.05) is 12.1 Å². The minimum atomic E-state index is 0.633. The fourth-order valence-corrected chi connectivity index (χ4v) is 4.46. The van der Waals surface area contributed by atoms with Crippen molar-refractivity contribution in [2.45, 2.75) is 25.3 Å². The summed E-state index contributed by atoms with van der Waals surface area (Å²) in [6.07, 6.45) is 4.34. The molecule has 3 heteroatoms. The van der Waals surface area contributed by atoms with Crippen molar-refractivity contribution in [3.8, 4) is 6.07 Å². The molecule has 3 saturated carbocycles. The van der Waals surface area contributed by atoms with Crippen molar-refractivity contribution in [3.05, 3.63) is 23.8 Å². The predicted octanol–water partition coefficient (Wildman–Crippen LogP) is 2.60. The minimum absolute atomic E-state index is 0.633. The number of benzene rings is 1. The third kappa shape index (κ3) is 1.29. The number of fused-ring (bicyclic) bond motifs is 5. The summed E-state index contributed by atoms with van der Waals surface area (Å²) in [5.41, 5.74) is 8.34. The molecule has 3 N–H and O–H groups in total.